The van der Waals surface area contributed by atoms with Gasteiger partial charge in [0.2, 0.25) is 11.8 Å². The Morgan fingerprint density at radius 1 is 1.06 bits per heavy atom. The topological polar surface area (TPSA) is 77.7 Å². The molecular formula is C24H33N3O4. The second-order valence-corrected chi connectivity index (χ2v) is 8.48. The molecule has 168 valence electrons. The Hall–Kier alpha value is -2.25. The summed E-state index contributed by atoms with van der Waals surface area (Å²) in [5.41, 5.74) is 1.30. The average Bonchev–Trinajstić information content (AvgIpc) is 3.30. The minimum Gasteiger partial charge on any atom is -0.381 e. The average molecular weight is 428 g/mol. The van der Waals surface area contributed by atoms with Gasteiger partial charge >= 0.3 is 0 Å². The molecule has 2 saturated heterocycles. The van der Waals surface area contributed by atoms with Crippen molar-refractivity contribution in [2.75, 3.05) is 32.9 Å². The molecule has 2 fully saturated rings. The van der Waals surface area contributed by atoms with E-state index in [9.17, 15) is 4.79 Å². The molecule has 0 atom stereocenters. The number of nitrogens with zero attached hydrogens (tertiary/aromatic N) is 3. The number of hydrogen-bond donors (Lipinski definition) is 0. The Morgan fingerprint density at radius 3 is 2.61 bits per heavy atom. The van der Waals surface area contributed by atoms with E-state index in [4.69, 9.17) is 14.0 Å². The third-order valence-corrected chi connectivity index (χ3v) is 6.23. The summed E-state index contributed by atoms with van der Waals surface area (Å²) in [6, 6.07) is 10.4. The first-order valence-electron chi connectivity index (χ1n) is 11.6. The van der Waals surface area contributed by atoms with Crippen LogP contribution in [-0.2, 0) is 27.1 Å². The fraction of sp³-hybridized carbons (Fsp3) is 0.625. The SMILES string of the molecule is O=C(CCCc1ccccc1)N1CCC(OCCc2noc(C3CCOCC3)n2)CC1. The van der Waals surface area contributed by atoms with Crippen LogP contribution in [0.3, 0.4) is 0 Å². The van der Waals surface area contributed by atoms with Gasteiger partial charge in [-0.2, -0.15) is 4.98 Å². The quantitative estimate of drug-likeness (QED) is 0.609. The Balaban J connectivity index is 1.10. The summed E-state index contributed by atoms with van der Waals surface area (Å²) >= 11 is 0. The van der Waals surface area contributed by atoms with Crippen LogP contribution in [0.1, 0.15) is 61.7 Å². The minimum atomic E-state index is 0.204. The molecule has 0 spiro atoms. The third-order valence-electron chi connectivity index (χ3n) is 6.23. The minimum absolute atomic E-state index is 0.204. The Labute approximate surface area is 184 Å². The van der Waals surface area contributed by atoms with Crippen molar-refractivity contribution >= 4 is 5.91 Å². The Bertz CT molecular complexity index is 796. The van der Waals surface area contributed by atoms with Crippen LogP contribution in [0.2, 0.25) is 0 Å². The summed E-state index contributed by atoms with van der Waals surface area (Å²) in [7, 11) is 0. The lowest BCUT2D eigenvalue weighted by molar-refractivity contribution is -0.133. The summed E-state index contributed by atoms with van der Waals surface area (Å²) in [6.45, 7) is 3.68. The zero-order chi connectivity index (χ0) is 21.3. The maximum atomic E-state index is 12.5. The fourth-order valence-corrected chi connectivity index (χ4v) is 4.31. The zero-order valence-electron chi connectivity index (χ0n) is 18.2. The molecule has 0 aliphatic carbocycles. The van der Waals surface area contributed by atoms with Gasteiger partial charge < -0.3 is 18.9 Å². The number of carbonyl (C=O) groups excluding carboxylic acids is 1. The zero-order valence-corrected chi connectivity index (χ0v) is 18.2. The molecule has 1 aromatic carbocycles. The lowest BCUT2D eigenvalue weighted by Gasteiger charge is -2.32. The van der Waals surface area contributed by atoms with Gasteiger partial charge in [-0.3, -0.25) is 4.79 Å². The van der Waals surface area contributed by atoms with Gasteiger partial charge in [-0.25, -0.2) is 0 Å². The van der Waals surface area contributed by atoms with Gasteiger partial charge in [0.05, 0.1) is 12.7 Å². The molecule has 2 aliphatic rings. The van der Waals surface area contributed by atoms with Gasteiger partial charge in [0, 0.05) is 45.1 Å². The van der Waals surface area contributed by atoms with Crippen molar-refractivity contribution < 1.29 is 18.8 Å². The number of amides is 1. The maximum Gasteiger partial charge on any atom is 0.229 e. The summed E-state index contributed by atoms with van der Waals surface area (Å²) in [4.78, 5) is 19.0. The van der Waals surface area contributed by atoms with Crippen molar-refractivity contribution in [3.8, 4) is 0 Å². The van der Waals surface area contributed by atoms with Crippen molar-refractivity contribution in [2.45, 2.75) is 63.4 Å². The second kappa shape index (κ2) is 11.4. The van der Waals surface area contributed by atoms with Crippen LogP contribution < -0.4 is 0 Å². The van der Waals surface area contributed by atoms with E-state index >= 15 is 0 Å². The van der Waals surface area contributed by atoms with Crippen LogP contribution in [0.5, 0.6) is 0 Å². The second-order valence-electron chi connectivity index (χ2n) is 8.48. The Kier molecular flexibility index (Phi) is 8.07. The van der Waals surface area contributed by atoms with Crippen LogP contribution in [-0.4, -0.2) is 60.0 Å². The molecule has 0 unspecified atom stereocenters. The predicted octanol–water partition coefficient (Wildman–Crippen LogP) is 3.54. The standard InChI is InChI=1S/C24H33N3O4/c28-23(8-4-7-19-5-2-1-3-6-19)27-14-9-21(10-15-27)30-18-13-22-25-24(31-26-22)20-11-16-29-17-12-20/h1-3,5-6,20-21H,4,7-18H2. The summed E-state index contributed by atoms with van der Waals surface area (Å²) in [5, 5.41) is 4.10. The van der Waals surface area contributed by atoms with Gasteiger partial charge in [0.1, 0.15) is 0 Å². The lowest BCUT2D eigenvalue weighted by atomic mass is 10.0. The molecule has 0 N–H and O–H groups in total. The summed E-state index contributed by atoms with van der Waals surface area (Å²) in [6.07, 6.45) is 7.02. The summed E-state index contributed by atoms with van der Waals surface area (Å²) in [5.74, 6) is 2.04. The van der Waals surface area contributed by atoms with Crippen molar-refractivity contribution in [1.82, 2.24) is 15.0 Å². The lowest BCUT2D eigenvalue weighted by Crippen LogP contribution is -2.41. The molecule has 7 heteroatoms. The molecule has 3 heterocycles. The first-order chi connectivity index (χ1) is 15.3. The molecule has 4 rings (SSSR count). The number of rotatable bonds is 9. The largest absolute Gasteiger partial charge is 0.381 e. The third kappa shape index (κ3) is 6.61. The molecular weight excluding hydrogens is 394 g/mol. The van der Waals surface area contributed by atoms with Crippen LogP contribution in [0.15, 0.2) is 34.9 Å². The Morgan fingerprint density at radius 2 is 1.84 bits per heavy atom. The van der Waals surface area contributed by atoms with Crippen molar-refractivity contribution in [1.29, 1.82) is 0 Å². The molecule has 0 saturated carbocycles. The first-order valence-corrected chi connectivity index (χ1v) is 11.6. The van der Waals surface area contributed by atoms with Crippen LogP contribution in [0.4, 0.5) is 0 Å². The van der Waals surface area contributed by atoms with Crippen LogP contribution >= 0.6 is 0 Å². The number of ether oxygens (including phenoxy) is 2. The predicted molar refractivity (Wildman–Crippen MR) is 116 cm³/mol. The molecule has 1 aromatic heterocycles. The number of piperidine rings is 1. The van der Waals surface area contributed by atoms with E-state index < -0.39 is 0 Å². The van der Waals surface area contributed by atoms with E-state index in [1.165, 1.54) is 5.56 Å². The number of aromatic nitrogens is 2. The van der Waals surface area contributed by atoms with E-state index in [-0.39, 0.29) is 12.0 Å². The number of benzene rings is 1. The maximum absolute atomic E-state index is 12.5. The van der Waals surface area contributed by atoms with Gasteiger partial charge in [-0.05, 0) is 44.1 Å². The number of likely N-dealkylation sites (tertiary alicyclic amines) is 1. The highest BCUT2D eigenvalue weighted by atomic mass is 16.5. The molecule has 2 aliphatic heterocycles. The van der Waals surface area contributed by atoms with E-state index in [0.29, 0.717) is 31.2 Å². The van der Waals surface area contributed by atoms with E-state index in [1.54, 1.807) is 0 Å². The van der Waals surface area contributed by atoms with Gasteiger partial charge in [-0.15, -0.1) is 0 Å². The summed E-state index contributed by atoms with van der Waals surface area (Å²) < 4.78 is 16.8. The van der Waals surface area contributed by atoms with Gasteiger partial charge in [0.25, 0.3) is 0 Å². The number of hydrogen-bond acceptors (Lipinski definition) is 6. The van der Waals surface area contributed by atoms with Crippen molar-refractivity contribution in [2.24, 2.45) is 0 Å². The van der Waals surface area contributed by atoms with E-state index in [0.717, 1.165) is 70.7 Å². The normalized spacial score (nSPS) is 18.4. The fourth-order valence-electron chi connectivity index (χ4n) is 4.31. The monoisotopic (exact) mass is 427 g/mol. The highest BCUT2D eigenvalue weighted by Crippen LogP contribution is 2.25. The van der Waals surface area contributed by atoms with Crippen LogP contribution in [0.25, 0.3) is 0 Å². The number of aryl methyl sites for hydroxylation is 1. The molecule has 0 radical (unpaired) electrons. The first kappa shape index (κ1) is 22.0. The van der Waals surface area contributed by atoms with E-state index in [1.807, 2.05) is 23.1 Å². The van der Waals surface area contributed by atoms with E-state index in [2.05, 4.69) is 22.3 Å². The van der Waals surface area contributed by atoms with Crippen LogP contribution in [0, 0.1) is 0 Å². The smallest absolute Gasteiger partial charge is 0.229 e. The number of carbonyl (C=O) groups is 1. The molecule has 1 amide bonds. The molecule has 2 aromatic rings. The molecule has 31 heavy (non-hydrogen) atoms. The molecule has 0 bridgehead atoms. The van der Waals surface area contributed by atoms with Gasteiger partial charge in [-0.1, -0.05) is 35.5 Å². The molecule has 7 nitrogen and oxygen atoms in total. The van der Waals surface area contributed by atoms with Gasteiger partial charge in [0.15, 0.2) is 5.82 Å². The highest BCUT2D eigenvalue weighted by Gasteiger charge is 2.24. The van der Waals surface area contributed by atoms with Crippen molar-refractivity contribution in [3.63, 3.8) is 0 Å². The highest BCUT2D eigenvalue weighted by molar-refractivity contribution is 5.76. The van der Waals surface area contributed by atoms with Crippen molar-refractivity contribution in [3.05, 3.63) is 47.6 Å².